The Hall–Kier alpha value is -1.86. The molecule has 1 heterocycles. The maximum absolute atomic E-state index is 12.2. The molecule has 0 aromatic carbocycles. The first-order valence-corrected chi connectivity index (χ1v) is 5.11. The first-order valence-electron chi connectivity index (χ1n) is 5.11. The third kappa shape index (κ3) is 3.08. The summed E-state index contributed by atoms with van der Waals surface area (Å²) in [6.45, 7) is 3.05. The first kappa shape index (κ1) is 14.2. The number of carboxylic acids is 1. The van der Waals surface area contributed by atoms with E-state index in [9.17, 15) is 18.0 Å². The van der Waals surface area contributed by atoms with Crippen molar-refractivity contribution in [1.82, 2.24) is 10.2 Å². The molecule has 0 fully saturated rings. The molecule has 100 valence electrons. The largest absolute Gasteiger partial charge is 0.480 e. The molecule has 0 bridgehead atoms. The minimum absolute atomic E-state index is 0.0187. The second-order valence-corrected chi connectivity index (χ2v) is 3.92. The number of aromatic nitrogens is 2. The molecule has 0 saturated heterocycles. The molecular weight excluding hydrogens is 251 g/mol. The third-order valence-corrected chi connectivity index (χ3v) is 2.54. The molecule has 0 radical (unpaired) electrons. The van der Waals surface area contributed by atoms with Gasteiger partial charge in [-0.15, -0.1) is 10.2 Å². The Bertz CT molecular complexity index is 433. The van der Waals surface area contributed by atoms with Crippen LogP contribution in [0.5, 0.6) is 0 Å². The van der Waals surface area contributed by atoms with Gasteiger partial charge in [-0.2, -0.15) is 13.2 Å². The number of nitrogens with zero attached hydrogens (tertiary/aromatic N) is 2. The normalized spacial score (nSPS) is 14.9. The monoisotopic (exact) mass is 263 g/mol. The van der Waals surface area contributed by atoms with Crippen molar-refractivity contribution in [2.75, 3.05) is 5.32 Å². The topological polar surface area (TPSA) is 75.1 Å². The van der Waals surface area contributed by atoms with Gasteiger partial charge in [-0.25, -0.2) is 4.79 Å². The molecule has 1 unspecified atom stereocenters. The Labute approximate surface area is 101 Å². The highest BCUT2D eigenvalue weighted by Crippen LogP contribution is 2.27. The van der Waals surface area contributed by atoms with Crippen molar-refractivity contribution in [3.05, 3.63) is 17.8 Å². The summed E-state index contributed by atoms with van der Waals surface area (Å²) in [6, 6.07) is 1.79. The van der Waals surface area contributed by atoms with Crippen LogP contribution in [-0.4, -0.2) is 26.8 Å². The lowest BCUT2D eigenvalue weighted by Gasteiger charge is -2.24. The van der Waals surface area contributed by atoms with Crippen molar-refractivity contribution in [3.63, 3.8) is 0 Å². The Morgan fingerprint density at radius 2 is 2.00 bits per heavy atom. The summed E-state index contributed by atoms with van der Waals surface area (Å²) >= 11 is 0. The van der Waals surface area contributed by atoms with Crippen LogP contribution in [0.4, 0.5) is 19.0 Å². The van der Waals surface area contributed by atoms with Gasteiger partial charge in [0.1, 0.15) is 11.4 Å². The number of carbonyl (C=O) groups is 1. The molecule has 0 spiro atoms. The summed E-state index contributed by atoms with van der Waals surface area (Å²) in [5.74, 6) is -1.14. The molecule has 1 atom stereocenters. The lowest BCUT2D eigenvalue weighted by atomic mass is 9.99. The van der Waals surface area contributed by atoms with E-state index in [2.05, 4.69) is 15.5 Å². The van der Waals surface area contributed by atoms with E-state index in [1.807, 2.05) is 0 Å². The van der Waals surface area contributed by atoms with Crippen molar-refractivity contribution >= 4 is 11.8 Å². The van der Waals surface area contributed by atoms with Crippen LogP contribution in [0, 0.1) is 0 Å². The van der Waals surface area contributed by atoms with Gasteiger partial charge >= 0.3 is 12.1 Å². The number of rotatable bonds is 4. The van der Waals surface area contributed by atoms with E-state index in [4.69, 9.17) is 5.11 Å². The number of hydrogen-bond donors (Lipinski definition) is 2. The quantitative estimate of drug-likeness (QED) is 0.870. The second kappa shape index (κ2) is 4.79. The molecule has 0 saturated carbocycles. The fourth-order valence-corrected chi connectivity index (χ4v) is 1.13. The average Bonchev–Trinajstić information content (AvgIpc) is 2.28. The molecule has 1 aromatic heterocycles. The predicted octanol–water partition coefficient (Wildman–Crippen LogP) is 2.16. The fourth-order valence-electron chi connectivity index (χ4n) is 1.13. The van der Waals surface area contributed by atoms with E-state index in [1.54, 1.807) is 6.92 Å². The number of nitrogens with one attached hydrogen (secondary N) is 1. The highest BCUT2D eigenvalue weighted by atomic mass is 19.4. The van der Waals surface area contributed by atoms with Crippen molar-refractivity contribution in [3.8, 4) is 0 Å². The van der Waals surface area contributed by atoms with Gasteiger partial charge in [0.05, 0.1) is 0 Å². The van der Waals surface area contributed by atoms with Crippen LogP contribution in [0.2, 0.25) is 0 Å². The van der Waals surface area contributed by atoms with E-state index in [0.717, 1.165) is 12.1 Å². The predicted molar refractivity (Wildman–Crippen MR) is 57.0 cm³/mol. The van der Waals surface area contributed by atoms with Gasteiger partial charge in [-0.05, 0) is 25.5 Å². The molecular formula is C10H12F3N3O2. The number of hydrogen-bond acceptors (Lipinski definition) is 4. The first-order chi connectivity index (χ1) is 8.19. The minimum atomic E-state index is -4.56. The van der Waals surface area contributed by atoms with E-state index in [0.29, 0.717) is 0 Å². The number of anilines is 1. The Morgan fingerprint density at radius 1 is 1.39 bits per heavy atom. The zero-order valence-corrected chi connectivity index (χ0v) is 9.75. The molecule has 1 aromatic rings. The number of alkyl halides is 3. The van der Waals surface area contributed by atoms with Gasteiger partial charge in [0.25, 0.3) is 0 Å². The molecule has 0 amide bonds. The highest BCUT2D eigenvalue weighted by molar-refractivity contribution is 5.81. The lowest BCUT2D eigenvalue weighted by molar-refractivity contribution is -0.142. The van der Waals surface area contributed by atoms with Crippen LogP contribution in [0.25, 0.3) is 0 Å². The molecule has 0 aliphatic heterocycles. The summed E-state index contributed by atoms with van der Waals surface area (Å²) in [6.07, 6.45) is -4.32. The second-order valence-electron chi connectivity index (χ2n) is 3.92. The molecule has 0 aliphatic carbocycles. The van der Waals surface area contributed by atoms with Crippen LogP contribution in [-0.2, 0) is 11.0 Å². The van der Waals surface area contributed by atoms with E-state index < -0.39 is 23.4 Å². The maximum atomic E-state index is 12.2. The van der Waals surface area contributed by atoms with Gasteiger partial charge in [0, 0.05) is 0 Å². The fraction of sp³-hybridized carbons (Fsp3) is 0.500. The van der Waals surface area contributed by atoms with Crippen LogP contribution >= 0.6 is 0 Å². The molecule has 1 rings (SSSR count). The van der Waals surface area contributed by atoms with Crippen molar-refractivity contribution in [2.45, 2.75) is 32.0 Å². The zero-order chi connectivity index (χ0) is 14.0. The van der Waals surface area contributed by atoms with Crippen LogP contribution in [0.1, 0.15) is 26.0 Å². The Morgan fingerprint density at radius 3 is 2.33 bits per heavy atom. The number of halogens is 3. The van der Waals surface area contributed by atoms with E-state index >= 15 is 0 Å². The Balaban J connectivity index is 2.90. The SMILES string of the molecule is CCC(C)(Nc1ccc(C(F)(F)F)nn1)C(=O)O. The molecule has 0 aliphatic rings. The van der Waals surface area contributed by atoms with E-state index in [-0.39, 0.29) is 12.2 Å². The summed E-state index contributed by atoms with van der Waals surface area (Å²) in [4.78, 5) is 11.0. The van der Waals surface area contributed by atoms with Gasteiger partial charge < -0.3 is 10.4 Å². The Kier molecular flexibility index (Phi) is 3.78. The molecule has 2 N–H and O–H groups in total. The maximum Gasteiger partial charge on any atom is 0.435 e. The smallest absolute Gasteiger partial charge is 0.435 e. The van der Waals surface area contributed by atoms with E-state index in [1.165, 1.54) is 6.92 Å². The molecule has 18 heavy (non-hydrogen) atoms. The molecule has 8 heteroatoms. The minimum Gasteiger partial charge on any atom is -0.480 e. The van der Waals surface area contributed by atoms with Crippen LogP contribution in [0.3, 0.4) is 0 Å². The average molecular weight is 263 g/mol. The van der Waals surface area contributed by atoms with Gasteiger partial charge in [-0.3, -0.25) is 0 Å². The van der Waals surface area contributed by atoms with Gasteiger partial charge in [0.15, 0.2) is 5.69 Å². The summed E-state index contributed by atoms with van der Waals surface area (Å²) < 4.78 is 36.7. The van der Waals surface area contributed by atoms with Crippen molar-refractivity contribution in [2.24, 2.45) is 0 Å². The zero-order valence-electron chi connectivity index (χ0n) is 9.75. The van der Waals surface area contributed by atoms with Crippen LogP contribution in [0.15, 0.2) is 12.1 Å². The van der Waals surface area contributed by atoms with Gasteiger partial charge in [-0.1, -0.05) is 6.92 Å². The summed E-state index contributed by atoms with van der Waals surface area (Å²) in [5.41, 5.74) is -2.42. The third-order valence-electron chi connectivity index (χ3n) is 2.54. The lowest BCUT2D eigenvalue weighted by Crippen LogP contribution is -2.43. The standard InChI is InChI=1S/C10H12F3N3O2/c1-3-9(2,8(17)18)14-7-5-4-6(15-16-7)10(11,12)13/h4-5H,3H2,1-2H3,(H,14,16)(H,17,18). The van der Waals surface area contributed by atoms with Crippen molar-refractivity contribution in [1.29, 1.82) is 0 Å². The van der Waals surface area contributed by atoms with Gasteiger partial charge in [0.2, 0.25) is 0 Å². The summed E-state index contributed by atoms with van der Waals surface area (Å²) in [5, 5.41) is 17.8. The van der Waals surface area contributed by atoms with Crippen molar-refractivity contribution < 1.29 is 23.1 Å². The number of carboxylic acid groups (broad SMARTS) is 1. The highest BCUT2D eigenvalue weighted by Gasteiger charge is 2.34. The number of aliphatic carboxylic acids is 1. The molecule has 5 nitrogen and oxygen atoms in total. The summed E-state index contributed by atoms with van der Waals surface area (Å²) in [7, 11) is 0. The van der Waals surface area contributed by atoms with Crippen LogP contribution < -0.4 is 5.32 Å².